The van der Waals surface area contributed by atoms with Crippen LogP contribution in [0.5, 0.6) is 11.5 Å². The maximum Gasteiger partial charge on any atom is 0.254 e. The Morgan fingerprint density at radius 3 is 2.50 bits per heavy atom. The number of hydrogen-bond acceptors (Lipinski definition) is 3. The number of benzene rings is 3. The van der Waals surface area contributed by atoms with Crippen LogP contribution in [0, 0.1) is 6.92 Å². The van der Waals surface area contributed by atoms with Crippen molar-refractivity contribution in [2.45, 2.75) is 33.4 Å². The van der Waals surface area contributed by atoms with E-state index in [2.05, 4.69) is 18.2 Å². The van der Waals surface area contributed by atoms with Crippen LogP contribution in [-0.4, -0.2) is 24.0 Å². The zero-order chi connectivity index (χ0) is 20.9. The summed E-state index contributed by atoms with van der Waals surface area (Å²) >= 11 is 0. The van der Waals surface area contributed by atoms with E-state index in [-0.39, 0.29) is 5.91 Å². The van der Waals surface area contributed by atoms with Gasteiger partial charge < -0.3 is 14.4 Å². The van der Waals surface area contributed by atoms with Crippen LogP contribution < -0.4 is 9.47 Å². The van der Waals surface area contributed by atoms with Crippen LogP contribution in [0.2, 0.25) is 0 Å². The van der Waals surface area contributed by atoms with Gasteiger partial charge in [-0.05, 0) is 61.7 Å². The Kier molecular flexibility index (Phi) is 6.03. The highest BCUT2D eigenvalue weighted by molar-refractivity contribution is 5.94. The predicted octanol–water partition coefficient (Wildman–Crippen LogP) is 5.17. The minimum atomic E-state index is 0.0455. The topological polar surface area (TPSA) is 38.8 Å². The normalized spacial score (nSPS) is 12.9. The highest BCUT2D eigenvalue weighted by atomic mass is 16.5. The van der Waals surface area contributed by atoms with Crippen molar-refractivity contribution in [3.05, 3.63) is 94.5 Å². The molecule has 1 amide bonds. The summed E-state index contributed by atoms with van der Waals surface area (Å²) < 4.78 is 11.7. The molecule has 0 spiro atoms. The van der Waals surface area contributed by atoms with Crippen molar-refractivity contribution in [1.29, 1.82) is 0 Å². The molecule has 4 rings (SSSR count). The summed E-state index contributed by atoms with van der Waals surface area (Å²) in [5, 5.41) is 0. The van der Waals surface area contributed by atoms with Crippen molar-refractivity contribution >= 4 is 5.91 Å². The summed E-state index contributed by atoms with van der Waals surface area (Å²) in [5.41, 5.74) is 5.29. The molecule has 1 aliphatic rings. The summed E-state index contributed by atoms with van der Waals surface area (Å²) in [6, 6.07) is 21.9. The molecule has 3 aromatic rings. The lowest BCUT2D eigenvalue weighted by Gasteiger charge is -2.29. The lowest BCUT2D eigenvalue weighted by atomic mass is 9.99. The molecule has 0 saturated carbocycles. The van der Waals surface area contributed by atoms with E-state index in [4.69, 9.17) is 9.47 Å². The maximum absolute atomic E-state index is 13.2. The molecule has 4 heteroatoms. The molecular weight excluding hydrogens is 374 g/mol. The van der Waals surface area contributed by atoms with Gasteiger partial charge in [0.25, 0.3) is 5.91 Å². The molecule has 4 nitrogen and oxygen atoms in total. The largest absolute Gasteiger partial charge is 0.493 e. The highest BCUT2D eigenvalue weighted by Gasteiger charge is 2.22. The highest BCUT2D eigenvalue weighted by Crippen LogP contribution is 2.25. The van der Waals surface area contributed by atoms with E-state index in [1.807, 2.05) is 67.3 Å². The smallest absolute Gasteiger partial charge is 0.254 e. The van der Waals surface area contributed by atoms with E-state index in [1.54, 1.807) is 0 Å². The quantitative estimate of drug-likeness (QED) is 0.572. The number of nitrogens with zero attached hydrogens (tertiary/aromatic N) is 1. The Bertz CT molecular complexity index is 1030. The van der Waals surface area contributed by atoms with Gasteiger partial charge in [-0.1, -0.05) is 42.0 Å². The van der Waals surface area contributed by atoms with E-state index < -0.39 is 0 Å². The Morgan fingerprint density at radius 1 is 0.967 bits per heavy atom. The van der Waals surface area contributed by atoms with Gasteiger partial charge >= 0.3 is 0 Å². The van der Waals surface area contributed by atoms with Crippen molar-refractivity contribution in [1.82, 2.24) is 4.90 Å². The minimum absolute atomic E-state index is 0.0455. The third-order valence-corrected chi connectivity index (χ3v) is 5.44. The van der Waals surface area contributed by atoms with Gasteiger partial charge in [0.2, 0.25) is 0 Å². The molecule has 0 saturated heterocycles. The van der Waals surface area contributed by atoms with Gasteiger partial charge in [-0.3, -0.25) is 4.79 Å². The number of carbonyl (C=O) groups excluding carboxylic acids is 1. The first-order chi connectivity index (χ1) is 14.6. The van der Waals surface area contributed by atoms with Crippen molar-refractivity contribution in [3.63, 3.8) is 0 Å². The number of carbonyl (C=O) groups is 1. The zero-order valence-corrected chi connectivity index (χ0v) is 17.6. The van der Waals surface area contributed by atoms with Crippen molar-refractivity contribution < 1.29 is 14.3 Å². The first kappa shape index (κ1) is 20.0. The third kappa shape index (κ3) is 4.48. The second-order valence-electron chi connectivity index (χ2n) is 7.60. The van der Waals surface area contributed by atoms with Gasteiger partial charge in [-0.2, -0.15) is 0 Å². The van der Waals surface area contributed by atoms with E-state index in [1.165, 1.54) is 16.7 Å². The minimum Gasteiger partial charge on any atom is -0.493 e. The van der Waals surface area contributed by atoms with Crippen LogP contribution in [-0.2, 0) is 19.6 Å². The Morgan fingerprint density at radius 2 is 1.73 bits per heavy atom. The summed E-state index contributed by atoms with van der Waals surface area (Å²) in [6.45, 7) is 6.30. The molecule has 0 N–H and O–H groups in total. The van der Waals surface area contributed by atoms with Crippen molar-refractivity contribution in [2.24, 2.45) is 0 Å². The fourth-order valence-corrected chi connectivity index (χ4v) is 3.77. The van der Waals surface area contributed by atoms with Gasteiger partial charge in [0, 0.05) is 24.2 Å². The van der Waals surface area contributed by atoms with Gasteiger partial charge in [0.05, 0.1) is 6.61 Å². The average Bonchev–Trinajstić information content (AvgIpc) is 2.79. The predicted molar refractivity (Wildman–Crippen MR) is 118 cm³/mol. The van der Waals surface area contributed by atoms with Crippen molar-refractivity contribution in [2.75, 3.05) is 13.2 Å². The molecular formula is C26H27NO3. The Balaban J connectivity index is 1.52. The number of ether oxygens (including phenoxy) is 2. The standard InChI is InChI=1S/C26H27NO3/c1-3-29-25-13-10-21(16-23(25)18-30-24-11-8-19(2)9-12-24)26(28)27-15-14-20-6-4-5-7-22(20)17-27/h4-13,16H,3,14-15,17-18H2,1-2H3. The second kappa shape index (κ2) is 9.04. The monoisotopic (exact) mass is 401 g/mol. The second-order valence-corrected chi connectivity index (χ2v) is 7.60. The number of fused-ring (bicyclic) bond motifs is 1. The number of amides is 1. The van der Waals surface area contributed by atoms with E-state index in [0.29, 0.717) is 25.3 Å². The molecule has 3 aromatic carbocycles. The maximum atomic E-state index is 13.2. The van der Waals surface area contributed by atoms with Crippen LogP contribution in [0.3, 0.4) is 0 Å². The Labute approximate surface area is 178 Å². The summed E-state index contributed by atoms with van der Waals surface area (Å²) in [5.74, 6) is 1.60. The Hall–Kier alpha value is -3.27. The van der Waals surface area contributed by atoms with Gasteiger partial charge in [-0.15, -0.1) is 0 Å². The lowest BCUT2D eigenvalue weighted by molar-refractivity contribution is 0.0734. The molecule has 1 heterocycles. The van der Waals surface area contributed by atoms with Crippen LogP contribution in [0.15, 0.2) is 66.7 Å². The molecule has 0 atom stereocenters. The van der Waals surface area contributed by atoms with E-state index in [0.717, 1.165) is 30.0 Å². The summed E-state index contributed by atoms with van der Waals surface area (Å²) in [6.07, 6.45) is 0.891. The molecule has 0 radical (unpaired) electrons. The number of hydrogen-bond donors (Lipinski definition) is 0. The number of aryl methyl sites for hydroxylation is 1. The third-order valence-electron chi connectivity index (χ3n) is 5.44. The molecule has 0 unspecified atom stereocenters. The van der Waals surface area contributed by atoms with Crippen LogP contribution in [0.25, 0.3) is 0 Å². The molecule has 0 aromatic heterocycles. The van der Waals surface area contributed by atoms with E-state index >= 15 is 0 Å². The van der Waals surface area contributed by atoms with Crippen LogP contribution >= 0.6 is 0 Å². The zero-order valence-electron chi connectivity index (χ0n) is 17.6. The first-order valence-electron chi connectivity index (χ1n) is 10.5. The fraction of sp³-hybridized carbons (Fsp3) is 0.269. The van der Waals surface area contributed by atoms with Crippen molar-refractivity contribution in [3.8, 4) is 11.5 Å². The van der Waals surface area contributed by atoms with Crippen LogP contribution in [0.1, 0.15) is 39.5 Å². The summed E-state index contributed by atoms with van der Waals surface area (Å²) in [7, 11) is 0. The van der Waals surface area contributed by atoms with Gasteiger partial charge in [0.1, 0.15) is 18.1 Å². The molecule has 0 fully saturated rings. The molecule has 1 aliphatic heterocycles. The van der Waals surface area contributed by atoms with Gasteiger partial charge in [-0.25, -0.2) is 0 Å². The van der Waals surface area contributed by atoms with Gasteiger partial charge in [0.15, 0.2) is 0 Å². The summed E-state index contributed by atoms with van der Waals surface area (Å²) in [4.78, 5) is 15.1. The molecule has 30 heavy (non-hydrogen) atoms. The molecule has 0 aliphatic carbocycles. The molecule has 0 bridgehead atoms. The SMILES string of the molecule is CCOc1ccc(C(=O)N2CCc3ccccc3C2)cc1COc1ccc(C)cc1. The first-order valence-corrected chi connectivity index (χ1v) is 10.5. The number of rotatable bonds is 6. The van der Waals surface area contributed by atoms with Crippen LogP contribution in [0.4, 0.5) is 0 Å². The van der Waals surface area contributed by atoms with E-state index in [9.17, 15) is 4.79 Å². The average molecular weight is 402 g/mol. The lowest BCUT2D eigenvalue weighted by Crippen LogP contribution is -2.36. The fourth-order valence-electron chi connectivity index (χ4n) is 3.77. The molecule has 154 valence electrons.